The van der Waals surface area contributed by atoms with Gasteiger partial charge < -0.3 is 15.5 Å². The summed E-state index contributed by atoms with van der Waals surface area (Å²) in [7, 11) is 1.61. The fraction of sp³-hybridized carbons (Fsp3) is 0.235. The second-order valence-corrected chi connectivity index (χ2v) is 6.02. The van der Waals surface area contributed by atoms with Crippen LogP contribution in [0.15, 0.2) is 47.5 Å². The van der Waals surface area contributed by atoms with Crippen LogP contribution in [-0.4, -0.2) is 47.0 Å². The minimum absolute atomic E-state index is 0.273. The maximum Gasteiger partial charge on any atom is 0.325 e. The van der Waals surface area contributed by atoms with Gasteiger partial charge in [-0.05, 0) is 16.3 Å². The van der Waals surface area contributed by atoms with Crippen molar-refractivity contribution in [2.24, 2.45) is 10.7 Å². The SMILES string of the molecule is CN1C(=O)NC(=O)C2C1N=C(N)N2Cc1cccc2ccccc12. The molecule has 0 aromatic heterocycles. The van der Waals surface area contributed by atoms with E-state index in [0.29, 0.717) is 6.54 Å². The molecule has 0 bridgehead atoms. The summed E-state index contributed by atoms with van der Waals surface area (Å²) in [4.78, 5) is 31.5. The lowest BCUT2D eigenvalue weighted by Gasteiger charge is -2.36. The number of fused-ring (bicyclic) bond motifs is 2. The van der Waals surface area contributed by atoms with E-state index in [-0.39, 0.29) is 11.9 Å². The van der Waals surface area contributed by atoms with Gasteiger partial charge in [-0.2, -0.15) is 0 Å². The third-order valence-corrected chi connectivity index (χ3v) is 4.61. The van der Waals surface area contributed by atoms with Crippen LogP contribution in [0.1, 0.15) is 5.56 Å². The van der Waals surface area contributed by atoms with Crippen LogP contribution in [0.4, 0.5) is 4.79 Å². The Morgan fingerprint density at radius 3 is 2.75 bits per heavy atom. The van der Waals surface area contributed by atoms with Crippen LogP contribution in [-0.2, 0) is 11.3 Å². The number of amides is 3. The van der Waals surface area contributed by atoms with Gasteiger partial charge in [-0.3, -0.25) is 10.1 Å². The normalized spacial score (nSPS) is 23.3. The monoisotopic (exact) mass is 323 g/mol. The van der Waals surface area contributed by atoms with Crippen LogP contribution >= 0.6 is 0 Å². The number of rotatable bonds is 2. The fourth-order valence-corrected chi connectivity index (χ4v) is 3.34. The molecule has 122 valence electrons. The van der Waals surface area contributed by atoms with Crippen molar-refractivity contribution in [2.75, 3.05) is 7.05 Å². The van der Waals surface area contributed by atoms with Crippen LogP contribution < -0.4 is 11.1 Å². The largest absolute Gasteiger partial charge is 0.370 e. The Morgan fingerprint density at radius 2 is 1.92 bits per heavy atom. The van der Waals surface area contributed by atoms with E-state index in [1.165, 1.54) is 4.90 Å². The Labute approximate surface area is 138 Å². The smallest absolute Gasteiger partial charge is 0.325 e. The van der Waals surface area contributed by atoms with E-state index in [9.17, 15) is 9.59 Å². The van der Waals surface area contributed by atoms with Gasteiger partial charge in [0.2, 0.25) is 0 Å². The fourth-order valence-electron chi connectivity index (χ4n) is 3.34. The van der Waals surface area contributed by atoms with Crippen molar-refractivity contribution in [3.63, 3.8) is 0 Å². The Hall–Kier alpha value is -3.09. The number of nitrogens with one attached hydrogen (secondary N) is 1. The molecule has 7 nitrogen and oxygen atoms in total. The number of aliphatic imine (C=N–C) groups is 1. The summed E-state index contributed by atoms with van der Waals surface area (Å²) in [6, 6.07) is 13.0. The average Bonchev–Trinajstić information content (AvgIpc) is 2.90. The molecular formula is C17H17N5O2. The van der Waals surface area contributed by atoms with Crippen LogP contribution in [0, 0.1) is 0 Å². The molecule has 1 saturated heterocycles. The molecule has 2 unspecified atom stereocenters. The van der Waals surface area contributed by atoms with Crippen LogP contribution in [0.5, 0.6) is 0 Å². The minimum atomic E-state index is -0.605. The Balaban J connectivity index is 1.70. The summed E-state index contributed by atoms with van der Waals surface area (Å²) in [5.74, 6) is -0.0952. The zero-order chi connectivity index (χ0) is 16.8. The molecule has 0 aliphatic carbocycles. The first-order chi connectivity index (χ1) is 11.6. The van der Waals surface area contributed by atoms with Gasteiger partial charge in [0.25, 0.3) is 5.91 Å². The number of imide groups is 1. The predicted molar refractivity (Wildman–Crippen MR) is 90.0 cm³/mol. The molecule has 1 fully saturated rings. The third kappa shape index (κ3) is 2.09. The number of urea groups is 1. The molecule has 2 aliphatic heterocycles. The standard InChI is InChI=1S/C17H17N5O2/c1-21-14-13(15(23)20-17(21)24)22(16(18)19-14)9-11-7-4-6-10-5-2-3-8-12(10)11/h2-8,13-14H,9H2,1H3,(H2,18,19)(H,20,23,24). The predicted octanol–water partition coefficient (Wildman–Crippen LogP) is 0.846. The molecule has 0 saturated carbocycles. The van der Waals surface area contributed by atoms with Crippen molar-refractivity contribution in [2.45, 2.75) is 18.8 Å². The van der Waals surface area contributed by atoms with Crippen molar-refractivity contribution in [1.82, 2.24) is 15.1 Å². The average molecular weight is 323 g/mol. The van der Waals surface area contributed by atoms with Crippen molar-refractivity contribution in [3.05, 3.63) is 48.0 Å². The van der Waals surface area contributed by atoms with E-state index in [4.69, 9.17) is 5.73 Å². The number of likely N-dealkylation sites (N-methyl/N-ethyl adjacent to an activating group) is 1. The topological polar surface area (TPSA) is 91.0 Å². The minimum Gasteiger partial charge on any atom is -0.370 e. The highest BCUT2D eigenvalue weighted by Crippen LogP contribution is 2.27. The first kappa shape index (κ1) is 14.5. The third-order valence-electron chi connectivity index (χ3n) is 4.61. The molecule has 24 heavy (non-hydrogen) atoms. The van der Waals surface area contributed by atoms with Gasteiger partial charge in [0.1, 0.15) is 0 Å². The van der Waals surface area contributed by atoms with E-state index in [0.717, 1.165) is 16.3 Å². The quantitative estimate of drug-likeness (QED) is 0.857. The van der Waals surface area contributed by atoms with Crippen molar-refractivity contribution in [3.8, 4) is 0 Å². The molecular weight excluding hydrogens is 306 g/mol. The Bertz CT molecular complexity index is 873. The number of benzene rings is 2. The number of nitrogens with zero attached hydrogens (tertiary/aromatic N) is 3. The van der Waals surface area contributed by atoms with Gasteiger partial charge in [-0.25, -0.2) is 9.79 Å². The lowest BCUT2D eigenvalue weighted by molar-refractivity contribution is -0.127. The zero-order valence-corrected chi connectivity index (χ0v) is 13.1. The molecule has 3 N–H and O–H groups in total. The highest BCUT2D eigenvalue weighted by molar-refractivity contribution is 6.03. The summed E-state index contributed by atoms with van der Waals surface area (Å²) in [6.45, 7) is 0.452. The molecule has 2 atom stereocenters. The molecule has 0 radical (unpaired) electrons. The van der Waals surface area contributed by atoms with E-state index in [1.807, 2.05) is 42.5 Å². The maximum absolute atomic E-state index is 12.3. The van der Waals surface area contributed by atoms with Gasteiger partial charge in [0.15, 0.2) is 18.2 Å². The van der Waals surface area contributed by atoms with E-state index >= 15 is 0 Å². The molecule has 2 aromatic carbocycles. The zero-order valence-electron chi connectivity index (χ0n) is 13.1. The highest BCUT2D eigenvalue weighted by atomic mass is 16.2. The van der Waals surface area contributed by atoms with Crippen molar-refractivity contribution < 1.29 is 9.59 Å². The lowest BCUT2D eigenvalue weighted by Crippen LogP contribution is -2.63. The second-order valence-electron chi connectivity index (χ2n) is 6.02. The van der Waals surface area contributed by atoms with Crippen LogP contribution in [0.3, 0.4) is 0 Å². The number of carbonyl (C=O) groups excluding carboxylic acids is 2. The van der Waals surface area contributed by atoms with E-state index in [1.54, 1.807) is 11.9 Å². The molecule has 0 spiro atoms. The number of hydrogen-bond acceptors (Lipinski definition) is 5. The molecule has 2 heterocycles. The summed E-state index contributed by atoms with van der Waals surface area (Å²) in [5.41, 5.74) is 7.11. The van der Waals surface area contributed by atoms with Gasteiger partial charge in [-0.1, -0.05) is 42.5 Å². The molecule has 7 heteroatoms. The summed E-state index contributed by atoms with van der Waals surface area (Å²) in [5, 5.41) is 4.59. The van der Waals surface area contributed by atoms with Crippen molar-refractivity contribution >= 4 is 28.7 Å². The van der Waals surface area contributed by atoms with Gasteiger partial charge >= 0.3 is 6.03 Å². The van der Waals surface area contributed by atoms with Gasteiger partial charge in [-0.15, -0.1) is 0 Å². The van der Waals surface area contributed by atoms with Crippen molar-refractivity contribution in [1.29, 1.82) is 0 Å². The number of nitrogens with two attached hydrogens (primary N) is 1. The Kier molecular flexibility index (Phi) is 3.16. The van der Waals surface area contributed by atoms with Gasteiger partial charge in [0.05, 0.1) is 0 Å². The lowest BCUT2D eigenvalue weighted by atomic mass is 10.0. The first-order valence-electron chi connectivity index (χ1n) is 7.70. The molecule has 2 aromatic rings. The number of hydrogen-bond donors (Lipinski definition) is 2. The summed E-state index contributed by atoms with van der Waals surface area (Å²) in [6.07, 6.45) is -0.582. The summed E-state index contributed by atoms with van der Waals surface area (Å²) >= 11 is 0. The number of carbonyl (C=O) groups is 2. The van der Waals surface area contributed by atoms with Crippen LogP contribution in [0.25, 0.3) is 10.8 Å². The van der Waals surface area contributed by atoms with Gasteiger partial charge in [0, 0.05) is 13.6 Å². The number of guanidine groups is 1. The maximum atomic E-state index is 12.3. The highest BCUT2D eigenvalue weighted by Gasteiger charge is 2.47. The summed E-state index contributed by atoms with van der Waals surface area (Å²) < 4.78 is 0. The second kappa shape index (κ2) is 5.23. The first-order valence-corrected chi connectivity index (χ1v) is 7.70. The molecule has 3 amide bonds. The Morgan fingerprint density at radius 1 is 1.17 bits per heavy atom. The van der Waals surface area contributed by atoms with E-state index in [2.05, 4.69) is 10.3 Å². The van der Waals surface area contributed by atoms with E-state index < -0.39 is 18.2 Å². The van der Waals surface area contributed by atoms with Crippen LogP contribution in [0.2, 0.25) is 0 Å². The molecule has 4 rings (SSSR count). The molecule has 2 aliphatic rings.